The molecule has 0 spiro atoms. The molecule has 1 fully saturated rings. The molecule has 162 valence electrons. The SMILES string of the molecule is CCOc1ccc(N2C(=O)C(c3ccc(C)cc3)=C(N3CCCC3)C2=O)cc1OCC. The molecule has 0 unspecified atom stereocenters. The van der Waals surface area contributed by atoms with Crippen LogP contribution in [0.15, 0.2) is 48.2 Å². The lowest BCUT2D eigenvalue weighted by Crippen LogP contribution is -2.34. The highest BCUT2D eigenvalue weighted by atomic mass is 16.5. The van der Waals surface area contributed by atoms with Gasteiger partial charge in [-0.15, -0.1) is 0 Å². The van der Waals surface area contributed by atoms with Gasteiger partial charge in [-0.2, -0.15) is 0 Å². The molecule has 2 aliphatic heterocycles. The summed E-state index contributed by atoms with van der Waals surface area (Å²) in [5.74, 6) is 0.532. The van der Waals surface area contributed by atoms with Crippen LogP contribution in [0.2, 0.25) is 0 Å². The number of likely N-dealkylation sites (tertiary alicyclic amines) is 1. The summed E-state index contributed by atoms with van der Waals surface area (Å²) in [6.07, 6.45) is 2.04. The van der Waals surface area contributed by atoms with Crippen LogP contribution in [0.1, 0.15) is 37.8 Å². The average molecular weight is 421 g/mol. The molecule has 4 rings (SSSR count). The molecule has 0 N–H and O–H groups in total. The predicted molar refractivity (Wildman–Crippen MR) is 120 cm³/mol. The van der Waals surface area contributed by atoms with Crippen molar-refractivity contribution in [3.63, 3.8) is 0 Å². The Morgan fingerprint density at radius 1 is 0.839 bits per heavy atom. The molecule has 1 saturated heterocycles. The Hall–Kier alpha value is -3.28. The zero-order chi connectivity index (χ0) is 22.0. The molecular weight excluding hydrogens is 392 g/mol. The van der Waals surface area contributed by atoms with E-state index in [9.17, 15) is 9.59 Å². The normalized spacial score (nSPS) is 16.5. The van der Waals surface area contributed by atoms with Crippen molar-refractivity contribution in [2.24, 2.45) is 0 Å². The van der Waals surface area contributed by atoms with Gasteiger partial charge in [0.25, 0.3) is 11.8 Å². The van der Waals surface area contributed by atoms with E-state index in [1.54, 1.807) is 18.2 Å². The summed E-state index contributed by atoms with van der Waals surface area (Å²) in [7, 11) is 0. The Morgan fingerprint density at radius 3 is 2.13 bits per heavy atom. The second kappa shape index (κ2) is 8.84. The van der Waals surface area contributed by atoms with E-state index < -0.39 is 0 Å². The highest BCUT2D eigenvalue weighted by Crippen LogP contribution is 2.39. The van der Waals surface area contributed by atoms with Crippen molar-refractivity contribution >= 4 is 23.1 Å². The number of ether oxygens (including phenoxy) is 2. The lowest BCUT2D eigenvalue weighted by Gasteiger charge is -2.21. The fraction of sp³-hybridized carbons (Fsp3) is 0.360. The third-order valence-corrected chi connectivity index (χ3v) is 5.61. The van der Waals surface area contributed by atoms with E-state index in [1.807, 2.05) is 49.9 Å². The van der Waals surface area contributed by atoms with Crippen molar-refractivity contribution in [3.8, 4) is 11.5 Å². The van der Waals surface area contributed by atoms with E-state index in [-0.39, 0.29) is 11.8 Å². The van der Waals surface area contributed by atoms with Gasteiger partial charge in [0.2, 0.25) is 0 Å². The molecule has 0 atom stereocenters. The number of rotatable bonds is 7. The fourth-order valence-electron chi connectivity index (χ4n) is 4.15. The molecule has 0 aliphatic carbocycles. The summed E-state index contributed by atoms with van der Waals surface area (Å²) in [5.41, 5.74) is 3.33. The first-order valence-electron chi connectivity index (χ1n) is 10.9. The second-order valence-electron chi connectivity index (χ2n) is 7.73. The Bertz CT molecular complexity index is 1020. The molecule has 6 heteroatoms. The maximum atomic E-state index is 13.6. The van der Waals surface area contributed by atoms with Gasteiger partial charge in [0.15, 0.2) is 11.5 Å². The number of hydrogen-bond acceptors (Lipinski definition) is 5. The van der Waals surface area contributed by atoms with E-state index in [4.69, 9.17) is 9.47 Å². The van der Waals surface area contributed by atoms with Gasteiger partial charge in [-0.05, 0) is 51.3 Å². The molecule has 0 aromatic heterocycles. The van der Waals surface area contributed by atoms with Crippen LogP contribution >= 0.6 is 0 Å². The molecular formula is C25H28N2O4. The summed E-state index contributed by atoms with van der Waals surface area (Å²) in [6.45, 7) is 8.31. The number of benzene rings is 2. The first-order chi connectivity index (χ1) is 15.0. The maximum Gasteiger partial charge on any atom is 0.282 e. The average Bonchev–Trinajstić information content (AvgIpc) is 3.37. The van der Waals surface area contributed by atoms with Crippen LogP contribution in [-0.2, 0) is 9.59 Å². The minimum absolute atomic E-state index is 0.283. The topological polar surface area (TPSA) is 59.1 Å². The highest BCUT2D eigenvalue weighted by Gasteiger charge is 2.43. The van der Waals surface area contributed by atoms with E-state index >= 15 is 0 Å². The van der Waals surface area contributed by atoms with Crippen molar-refractivity contribution in [1.29, 1.82) is 0 Å². The van der Waals surface area contributed by atoms with Crippen LogP contribution in [0.5, 0.6) is 11.5 Å². The van der Waals surface area contributed by atoms with Crippen LogP contribution in [0.25, 0.3) is 5.57 Å². The molecule has 2 amide bonds. The number of anilines is 1. The Kier molecular flexibility index (Phi) is 5.98. The molecule has 0 bridgehead atoms. The third-order valence-electron chi connectivity index (χ3n) is 5.61. The van der Waals surface area contributed by atoms with Crippen molar-refractivity contribution in [3.05, 3.63) is 59.3 Å². The van der Waals surface area contributed by atoms with E-state index in [1.165, 1.54) is 4.90 Å². The fourth-order valence-corrected chi connectivity index (χ4v) is 4.15. The van der Waals surface area contributed by atoms with Crippen LogP contribution in [0.4, 0.5) is 5.69 Å². The van der Waals surface area contributed by atoms with Crippen molar-refractivity contribution in [2.75, 3.05) is 31.2 Å². The van der Waals surface area contributed by atoms with Gasteiger partial charge in [0, 0.05) is 19.2 Å². The Balaban J connectivity index is 1.78. The number of carbonyl (C=O) groups excluding carboxylic acids is 2. The molecule has 0 radical (unpaired) electrons. The first kappa shape index (κ1) is 21.0. The summed E-state index contributed by atoms with van der Waals surface area (Å²) in [6, 6.07) is 13.0. The second-order valence-corrected chi connectivity index (χ2v) is 7.73. The standard InChI is InChI=1S/C25H28N2O4/c1-4-30-20-13-12-19(16-21(20)31-5-2)27-24(28)22(18-10-8-17(3)9-11-18)23(25(27)29)26-14-6-7-15-26/h8-13,16H,4-7,14-15H2,1-3H3. The molecule has 2 aromatic rings. The monoisotopic (exact) mass is 420 g/mol. The van der Waals surface area contributed by atoms with Crippen molar-refractivity contribution < 1.29 is 19.1 Å². The summed E-state index contributed by atoms with van der Waals surface area (Å²) >= 11 is 0. The molecule has 2 aromatic carbocycles. The van der Waals surface area contributed by atoms with Crippen molar-refractivity contribution in [2.45, 2.75) is 33.6 Å². The third kappa shape index (κ3) is 3.90. The number of hydrogen-bond donors (Lipinski definition) is 0. The van der Waals surface area contributed by atoms with Crippen LogP contribution in [0, 0.1) is 6.92 Å². The number of carbonyl (C=O) groups is 2. The largest absolute Gasteiger partial charge is 0.490 e. The van der Waals surface area contributed by atoms with Gasteiger partial charge in [-0.25, -0.2) is 4.90 Å². The lowest BCUT2D eigenvalue weighted by atomic mass is 10.0. The van der Waals surface area contributed by atoms with Gasteiger partial charge < -0.3 is 14.4 Å². The van der Waals surface area contributed by atoms with Gasteiger partial charge in [0.05, 0.1) is 24.5 Å². The quantitative estimate of drug-likeness (QED) is 0.629. The predicted octanol–water partition coefficient (Wildman–Crippen LogP) is 4.17. The Morgan fingerprint density at radius 2 is 1.48 bits per heavy atom. The van der Waals surface area contributed by atoms with Gasteiger partial charge in [-0.1, -0.05) is 29.8 Å². The summed E-state index contributed by atoms with van der Waals surface area (Å²) in [5, 5.41) is 0. The molecule has 2 aliphatic rings. The minimum Gasteiger partial charge on any atom is -0.490 e. The van der Waals surface area contributed by atoms with Crippen LogP contribution < -0.4 is 14.4 Å². The molecule has 6 nitrogen and oxygen atoms in total. The highest BCUT2D eigenvalue weighted by molar-refractivity contribution is 6.45. The molecule has 0 saturated carbocycles. The van der Waals surface area contributed by atoms with Crippen LogP contribution in [-0.4, -0.2) is 43.0 Å². The molecule has 31 heavy (non-hydrogen) atoms. The van der Waals surface area contributed by atoms with Gasteiger partial charge in [-0.3, -0.25) is 9.59 Å². The van der Waals surface area contributed by atoms with Crippen molar-refractivity contribution in [1.82, 2.24) is 4.90 Å². The summed E-state index contributed by atoms with van der Waals surface area (Å²) < 4.78 is 11.3. The number of imide groups is 1. The van der Waals surface area contributed by atoms with E-state index in [0.29, 0.717) is 41.7 Å². The summed E-state index contributed by atoms with van der Waals surface area (Å²) in [4.78, 5) is 30.5. The molecule has 2 heterocycles. The first-order valence-corrected chi connectivity index (χ1v) is 10.9. The van der Waals surface area contributed by atoms with Gasteiger partial charge >= 0.3 is 0 Å². The van der Waals surface area contributed by atoms with Gasteiger partial charge in [0.1, 0.15) is 5.70 Å². The zero-order valence-electron chi connectivity index (χ0n) is 18.3. The van der Waals surface area contributed by atoms with E-state index in [0.717, 1.165) is 37.1 Å². The lowest BCUT2D eigenvalue weighted by molar-refractivity contribution is -0.120. The minimum atomic E-state index is -0.303. The smallest absolute Gasteiger partial charge is 0.282 e. The number of nitrogens with zero attached hydrogens (tertiary/aromatic N) is 2. The zero-order valence-corrected chi connectivity index (χ0v) is 18.3. The van der Waals surface area contributed by atoms with E-state index in [2.05, 4.69) is 0 Å². The number of aryl methyl sites for hydroxylation is 1. The maximum absolute atomic E-state index is 13.6. The van der Waals surface area contributed by atoms with Crippen LogP contribution in [0.3, 0.4) is 0 Å². The number of amides is 2. The Labute approximate surface area is 183 Å².